The van der Waals surface area contributed by atoms with Crippen molar-refractivity contribution in [1.82, 2.24) is 0 Å². The van der Waals surface area contributed by atoms with Gasteiger partial charge in [-0.2, -0.15) is 0 Å². The van der Waals surface area contributed by atoms with Crippen LogP contribution in [0.25, 0.3) is 10.8 Å². The van der Waals surface area contributed by atoms with E-state index in [1.807, 2.05) is 0 Å². The third kappa shape index (κ3) is 3.27. The van der Waals surface area contributed by atoms with Gasteiger partial charge in [0.25, 0.3) is 15.9 Å². The largest absolute Gasteiger partial charge is 0.321 e. The van der Waals surface area contributed by atoms with Gasteiger partial charge in [0, 0.05) is 33.4 Å². The van der Waals surface area contributed by atoms with Gasteiger partial charge in [-0.05, 0) is 42.5 Å². The van der Waals surface area contributed by atoms with Crippen molar-refractivity contribution in [3.63, 3.8) is 0 Å². The zero-order chi connectivity index (χ0) is 20.1. The number of amides is 1. The summed E-state index contributed by atoms with van der Waals surface area (Å²) in [5.74, 6) is -0.267. The summed E-state index contributed by atoms with van der Waals surface area (Å²) < 4.78 is 53.1. The lowest BCUT2D eigenvalue weighted by molar-refractivity contribution is 0.103. The maximum atomic E-state index is 12.9. The van der Waals surface area contributed by atoms with Crippen LogP contribution in [0.4, 0.5) is 17.1 Å². The zero-order valence-electron chi connectivity index (χ0n) is 14.6. The Kier molecular flexibility index (Phi) is 4.05. The molecular weight excluding hydrogens is 402 g/mol. The van der Waals surface area contributed by atoms with Crippen LogP contribution in [0.5, 0.6) is 0 Å². The van der Waals surface area contributed by atoms with Gasteiger partial charge in [-0.3, -0.25) is 14.2 Å². The fourth-order valence-electron chi connectivity index (χ4n) is 3.13. The van der Waals surface area contributed by atoms with Crippen molar-refractivity contribution in [2.45, 2.75) is 4.90 Å². The number of carbonyl (C=O) groups is 1. The molecule has 0 saturated carbocycles. The fraction of sp³-hybridized carbons (Fsp3) is 0.0556. The quantitative estimate of drug-likeness (QED) is 0.589. The van der Waals surface area contributed by atoms with Gasteiger partial charge in [-0.1, -0.05) is 12.1 Å². The number of anilines is 3. The van der Waals surface area contributed by atoms with Crippen molar-refractivity contribution < 1.29 is 21.6 Å². The minimum absolute atomic E-state index is 0.0444. The number of rotatable bonds is 5. The Labute approximate surface area is 161 Å². The Balaban J connectivity index is 1.70. The molecule has 10 heteroatoms. The van der Waals surface area contributed by atoms with E-state index in [-0.39, 0.29) is 16.5 Å². The topological polar surface area (TPSA) is 121 Å². The highest BCUT2D eigenvalue weighted by atomic mass is 32.2. The second-order valence-corrected chi connectivity index (χ2v) is 9.75. The molecule has 0 saturated heterocycles. The van der Waals surface area contributed by atoms with E-state index in [0.717, 1.165) is 6.26 Å². The number of nitrogens with one attached hydrogen (secondary N) is 3. The van der Waals surface area contributed by atoms with Crippen molar-refractivity contribution in [3.8, 4) is 0 Å². The maximum Gasteiger partial charge on any atom is 0.262 e. The smallest absolute Gasteiger partial charge is 0.262 e. The van der Waals surface area contributed by atoms with Crippen LogP contribution in [0.3, 0.4) is 0 Å². The van der Waals surface area contributed by atoms with Crippen LogP contribution in [-0.2, 0) is 20.0 Å². The SMILES string of the molecule is CS(=O)(=O)Nc1ccc(NS(=O)(=O)c2ccc3c4c(cccc24)C(=O)N3)cc1. The van der Waals surface area contributed by atoms with Crippen LogP contribution < -0.4 is 14.8 Å². The van der Waals surface area contributed by atoms with Crippen molar-refractivity contribution in [2.75, 3.05) is 21.0 Å². The summed E-state index contributed by atoms with van der Waals surface area (Å²) in [6.45, 7) is 0. The van der Waals surface area contributed by atoms with Gasteiger partial charge in [-0.25, -0.2) is 16.8 Å². The Bertz CT molecular complexity index is 1330. The molecule has 1 aliphatic rings. The summed E-state index contributed by atoms with van der Waals surface area (Å²) in [4.78, 5) is 12.0. The lowest BCUT2D eigenvalue weighted by Gasteiger charge is -2.12. The van der Waals surface area contributed by atoms with E-state index in [0.29, 0.717) is 27.7 Å². The van der Waals surface area contributed by atoms with E-state index in [4.69, 9.17) is 0 Å². The number of sulfonamides is 2. The molecule has 0 fully saturated rings. The molecular formula is C18H15N3O5S2. The van der Waals surface area contributed by atoms with E-state index in [9.17, 15) is 21.6 Å². The predicted octanol–water partition coefficient (Wildman–Crippen LogP) is 2.58. The summed E-state index contributed by atoms with van der Waals surface area (Å²) in [5.41, 5.74) is 1.60. The van der Waals surface area contributed by atoms with E-state index in [1.165, 1.54) is 30.3 Å². The zero-order valence-corrected chi connectivity index (χ0v) is 16.2. The molecule has 0 aliphatic carbocycles. The molecule has 3 aromatic rings. The Hall–Kier alpha value is -3.11. The maximum absolute atomic E-state index is 12.9. The van der Waals surface area contributed by atoms with Crippen molar-refractivity contribution >= 4 is 53.8 Å². The van der Waals surface area contributed by atoms with Crippen molar-refractivity contribution in [1.29, 1.82) is 0 Å². The normalized spacial score (nSPS) is 13.4. The van der Waals surface area contributed by atoms with E-state index in [1.54, 1.807) is 24.3 Å². The molecule has 1 amide bonds. The van der Waals surface area contributed by atoms with E-state index in [2.05, 4.69) is 14.8 Å². The van der Waals surface area contributed by atoms with Gasteiger partial charge in [0.05, 0.1) is 11.2 Å². The van der Waals surface area contributed by atoms with Crippen LogP contribution in [0.2, 0.25) is 0 Å². The fourth-order valence-corrected chi connectivity index (χ4v) is 4.96. The minimum Gasteiger partial charge on any atom is -0.321 e. The highest BCUT2D eigenvalue weighted by Gasteiger charge is 2.26. The Morgan fingerprint density at radius 1 is 0.821 bits per heavy atom. The van der Waals surface area contributed by atoms with Crippen molar-refractivity contribution in [2.24, 2.45) is 0 Å². The second-order valence-electron chi connectivity index (χ2n) is 6.35. The number of carbonyl (C=O) groups excluding carboxylic acids is 1. The summed E-state index contributed by atoms with van der Waals surface area (Å²) in [5, 5.41) is 3.73. The highest BCUT2D eigenvalue weighted by molar-refractivity contribution is 7.93. The van der Waals surface area contributed by atoms with Gasteiger partial charge >= 0.3 is 0 Å². The third-order valence-corrected chi connectivity index (χ3v) is 6.27. The van der Waals surface area contributed by atoms with Gasteiger partial charge in [0.1, 0.15) is 0 Å². The minimum atomic E-state index is -3.94. The molecule has 0 bridgehead atoms. The van der Waals surface area contributed by atoms with E-state index >= 15 is 0 Å². The molecule has 3 N–H and O–H groups in total. The third-order valence-electron chi connectivity index (χ3n) is 4.22. The molecule has 4 rings (SSSR count). The van der Waals surface area contributed by atoms with Crippen LogP contribution in [0.15, 0.2) is 59.5 Å². The number of benzene rings is 3. The van der Waals surface area contributed by atoms with Crippen molar-refractivity contribution in [3.05, 3.63) is 60.2 Å². The Morgan fingerprint density at radius 3 is 2.11 bits per heavy atom. The first kappa shape index (κ1) is 18.3. The molecule has 8 nitrogen and oxygen atoms in total. The van der Waals surface area contributed by atoms with Crippen LogP contribution in [-0.4, -0.2) is 29.0 Å². The summed E-state index contributed by atoms with van der Waals surface area (Å²) in [6.07, 6.45) is 1.03. The molecule has 144 valence electrons. The molecule has 0 radical (unpaired) electrons. The molecule has 1 aliphatic heterocycles. The molecule has 1 heterocycles. The predicted molar refractivity (Wildman–Crippen MR) is 108 cm³/mol. The average Bonchev–Trinajstić information content (AvgIpc) is 2.93. The molecule has 28 heavy (non-hydrogen) atoms. The van der Waals surface area contributed by atoms with Gasteiger partial charge in [-0.15, -0.1) is 0 Å². The molecule has 0 unspecified atom stereocenters. The first-order valence-electron chi connectivity index (χ1n) is 8.12. The van der Waals surface area contributed by atoms with Crippen LogP contribution in [0, 0.1) is 0 Å². The molecule has 0 atom stereocenters. The standard InChI is InChI=1S/C18H15N3O5S2/c1-27(23,24)20-11-5-7-12(8-6-11)21-28(25,26)16-10-9-15-17-13(16)3-2-4-14(17)18(22)19-15/h2-10,20-21H,1H3,(H,19,22). The second kappa shape index (κ2) is 6.21. The van der Waals surface area contributed by atoms with E-state index < -0.39 is 20.0 Å². The van der Waals surface area contributed by atoms with Crippen LogP contribution >= 0.6 is 0 Å². The monoisotopic (exact) mass is 417 g/mol. The lowest BCUT2D eigenvalue weighted by Crippen LogP contribution is -2.14. The summed E-state index contributed by atoms with van der Waals surface area (Å²) in [7, 11) is -7.36. The summed E-state index contributed by atoms with van der Waals surface area (Å²) in [6, 6.07) is 13.7. The Morgan fingerprint density at radius 2 is 1.46 bits per heavy atom. The number of hydrogen-bond acceptors (Lipinski definition) is 5. The average molecular weight is 417 g/mol. The first-order chi connectivity index (χ1) is 13.1. The molecule has 0 aromatic heterocycles. The van der Waals surface area contributed by atoms with Crippen LogP contribution in [0.1, 0.15) is 10.4 Å². The molecule has 3 aromatic carbocycles. The van der Waals surface area contributed by atoms with Gasteiger partial charge in [0.15, 0.2) is 0 Å². The highest BCUT2D eigenvalue weighted by Crippen LogP contribution is 2.37. The molecule has 0 spiro atoms. The van der Waals surface area contributed by atoms with Gasteiger partial charge in [0.2, 0.25) is 10.0 Å². The summed E-state index contributed by atoms with van der Waals surface area (Å²) >= 11 is 0. The van der Waals surface area contributed by atoms with Gasteiger partial charge < -0.3 is 5.32 Å². The first-order valence-corrected chi connectivity index (χ1v) is 11.5. The lowest BCUT2D eigenvalue weighted by atomic mass is 10.1. The number of hydrogen-bond donors (Lipinski definition) is 3.